The second-order valence-electron chi connectivity index (χ2n) is 7.44. The van der Waals surface area contributed by atoms with Crippen molar-refractivity contribution in [3.8, 4) is 5.75 Å². The van der Waals surface area contributed by atoms with Gasteiger partial charge in [0.1, 0.15) is 5.75 Å². The van der Waals surface area contributed by atoms with E-state index in [2.05, 4.69) is 13.8 Å². The second kappa shape index (κ2) is 14.6. The molecule has 1 amide bonds. The highest BCUT2D eigenvalue weighted by Crippen LogP contribution is 2.23. The van der Waals surface area contributed by atoms with Gasteiger partial charge in [-0.1, -0.05) is 90.2 Å². The lowest BCUT2D eigenvalue weighted by atomic mass is 9.95. The summed E-state index contributed by atoms with van der Waals surface area (Å²) in [5, 5.41) is 0. The van der Waals surface area contributed by atoms with Gasteiger partial charge in [0.05, 0.1) is 12.2 Å². The number of para-hydroxylation sites is 1. The van der Waals surface area contributed by atoms with Crippen LogP contribution < -0.4 is 10.5 Å². The highest BCUT2D eigenvalue weighted by atomic mass is 16.5. The van der Waals surface area contributed by atoms with E-state index < -0.39 is 5.91 Å². The summed E-state index contributed by atoms with van der Waals surface area (Å²) in [6.45, 7) is 5.19. The second-order valence-corrected chi connectivity index (χ2v) is 7.44. The van der Waals surface area contributed by atoms with E-state index in [0.29, 0.717) is 23.8 Å². The van der Waals surface area contributed by atoms with E-state index in [0.717, 1.165) is 0 Å². The number of hydrogen-bond acceptors (Lipinski definition) is 2. The van der Waals surface area contributed by atoms with Gasteiger partial charge in [0.25, 0.3) is 5.91 Å². The van der Waals surface area contributed by atoms with Crippen LogP contribution in [0.1, 0.15) is 101 Å². The first-order valence-electron chi connectivity index (χ1n) is 10.7. The van der Waals surface area contributed by atoms with Crippen molar-refractivity contribution in [2.75, 3.05) is 6.61 Å². The van der Waals surface area contributed by atoms with E-state index in [4.69, 9.17) is 10.5 Å². The molecule has 0 spiro atoms. The molecule has 1 aromatic carbocycles. The summed E-state index contributed by atoms with van der Waals surface area (Å²) in [5.41, 5.74) is 5.94. The van der Waals surface area contributed by atoms with Gasteiger partial charge >= 0.3 is 0 Å². The Morgan fingerprint density at radius 2 is 1.42 bits per heavy atom. The number of ether oxygens (including phenoxy) is 1. The van der Waals surface area contributed by atoms with E-state index in [-0.39, 0.29) is 0 Å². The zero-order valence-electron chi connectivity index (χ0n) is 17.0. The van der Waals surface area contributed by atoms with Crippen molar-refractivity contribution in [1.29, 1.82) is 0 Å². The molecule has 3 heteroatoms. The standard InChI is InChI=1S/C23H39NO2/c1-3-5-7-9-10-12-16-20(15-11-8-6-4-2)19-26-22-18-14-13-17-21(22)23(24)25/h13-14,17-18,20H,3-12,15-16,19H2,1-2H3,(H2,24,25). The van der Waals surface area contributed by atoms with Gasteiger partial charge in [-0.05, 0) is 30.9 Å². The van der Waals surface area contributed by atoms with Crippen LogP contribution >= 0.6 is 0 Å². The van der Waals surface area contributed by atoms with Crippen molar-refractivity contribution in [3.63, 3.8) is 0 Å². The van der Waals surface area contributed by atoms with Crippen LogP contribution in [0.15, 0.2) is 24.3 Å². The molecule has 1 aromatic rings. The first-order valence-corrected chi connectivity index (χ1v) is 10.7. The van der Waals surface area contributed by atoms with E-state index in [1.165, 1.54) is 77.0 Å². The Morgan fingerprint density at radius 3 is 2.04 bits per heavy atom. The van der Waals surface area contributed by atoms with E-state index in [1.54, 1.807) is 6.07 Å². The van der Waals surface area contributed by atoms with Gasteiger partial charge in [0.15, 0.2) is 0 Å². The van der Waals surface area contributed by atoms with Crippen molar-refractivity contribution < 1.29 is 9.53 Å². The number of carbonyl (C=O) groups excluding carboxylic acids is 1. The smallest absolute Gasteiger partial charge is 0.252 e. The average molecular weight is 362 g/mol. The zero-order chi connectivity index (χ0) is 19.0. The Bertz CT molecular complexity index is 487. The monoisotopic (exact) mass is 361 g/mol. The fraction of sp³-hybridized carbons (Fsp3) is 0.696. The minimum absolute atomic E-state index is 0.420. The molecule has 0 aliphatic rings. The average Bonchev–Trinajstić information content (AvgIpc) is 2.65. The number of nitrogens with two attached hydrogens (primary N) is 1. The molecule has 26 heavy (non-hydrogen) atoms. The van der Waals surface area contributed by atoms with Gasteiger partial charge in [-0.3, -0.25) is 4.79 Å². The predicted molar refractivity (Wildman–Crippen MR) is 111 cm³/mol. The Balaban J connectivity index is 2.46. The third kappa shape index (κ3) is 9.84. The molecule has 0 saturated heterocycles. The third-order valence-corrected chi connectivity index (χ3v) is 5.06. The normalized spacial score (nSPS) is 12.1. The quantitative estimate of drug-likeness (QED) is 0.342. The number of carbonyl (C=O) groups is 1. The molecule has 0 aliphatic carbocycles. The minimum atomic E-state index is -0.420. The number of amides is 1. The third-order valence-electron chi connectivity index (χ3n) is 5.06. The Morgan fingerprint density at radius 1 is 0.885 bits per heavy atom. The Hall–Kier alpha value is -1.51. The maximum Gasteiger partial charge on any atom is 0.252 e. The summed E-state index contributed by atoms with van der Waals surface area (Å²) in [6.07, 6.45) is 15.6. The molecule has 0 saturated carbocycles. The van der Waals surface area contributed by atoms with Crippen molar-refractivity contribution >= 4 is 5.91 Å². The van der Waals surface area contributed by atoms with Gasteiger partial charge in [-0.25, -0.2) is 0 Å². The summed E-state index contributed by atoms with van der Waals surface area (Å²) in [7, 11) is 0. The van der Waals surface area contributed by atoms with Crippen molar-refractivity contribution in [1.82, 2.24) is 0 Å². The van der Waals surface area contributed by atoms with E-state index in [9.17, 15) is 4.79 Å². The topological polar surface area (TPSA) is 52.3 Å². The van der Waals surface area contributed by atoms with Crippen LogP contribution in [0.3, 0.4) is 0 Å². The molecule has 0 aliphatic heterocycles. The molecule has 2 N–H and O–H groups in total. The molecular formula is C23H39NO2. The van der Waals surface area contributed by atoms with Crippen LogP contribution in [0.4, 0.5) is 0 Å². The summed E-state index contributed by atoms with van der Waals surface area (Å²) < 4.78 is 6.01. The van der Waals surface area contributed by atoms with Crippen LogP contribution in [-0.4, -0.2) is 12.5 Å². The van der Waals surface area contributed by atoms with Gasteiger partial charge < -0.3 is 10.5 Å². The molecule has 0 heterocycles. The number of benzene rings is 1. The summed E-state index contributed by atoms with van der Waals surface area (Å²) in [5.74, 6) is 0.775. The fourth-order valence-electron chi connectivity index (χ4n) is 3.39. The molecule has 0 fully saturated rings. The summed E-state index contributed by atoms with van der Waals surface area (Å²) >= 11 is 0. The number of hydrogen-bond donors (Lipinski definition) is 1. The van der Waals surface area contributed by atoms with Gasteiger partial charge in [0, 0.05) is 0 Å². The van der Waals surface area contributed by atoms with Crippen LogP contribution in [-0.2, 0) is 0 Å². The van der Waals surface area contributed by atoms with Crippen molar-refractivity contribution in [2.45, 2.75) is 90.9 Å². The molecule has 3 nitrogen and oxygen atoms in total. The molecule has 0 aromatic heterocycles. The fourth-order valence-corrected chi connectivity index (χ4v) is 3.39. The molecule has 148 valence electrons. The molecule has 1 atom stereocenters. The Kier molecular flexibility index (Phi) is 12.7. The molecule has 1 unspecified atom stereocenters. The maximum absolute atomic E-state index is 11.5. The summed E-state index contributed by atoms with van der Waals surface area (Å²) in [4.78, 5) is 11.5. The van der Waals surface area contributed by atoms with Crippen LogP contribution in [0, 0.1) is 5.92 Å². The lowest BCUT2D eigenvalue weighted by Crippen LogP contribution is -2.16. The van der Waals surface area contributed by atoms with Gasteiger partial charge in [-0.15, -0.1) is 0 Å². The first-order chi connectivity index (χ1) is 12.7. The lowest BCUT2D eigenvalue weighted by Gasteiger charge is -2.19. The molecule has 0 radical (unpaired) electrons. The molecule has 0 bridgehead atoms. The Labute approximate surface area is 160 Å². The lowest BCUT2D eigenvalue weighted by molar-refractivity contribution is 0.0995. The van der Waals surface area contributed by atoms with Crippen LogP contribution in [0.25, 0.3) is 0 Å². The largest absolute Gasteiger partial charge is 0.492 e. The van der Waals surface area contributed by atoms with E-state index >= 15 is 0 Å². The van der Waals surface area contributed by atoms with E-state index in [1.807, 2.05) is 18.2 Å². The van der Waals surface area contributed by atoms with Crippen LogP contribution in [0.5, 0.6) is 5.75 Å². The molecule has 1 rings (SSSR count). The summed E-state index contributed by atoms with van der Waals surface area (Å²) in [6, 6.07) is 7.30. The maximum atomic E-state index is 11.5. The number of unbranched alkanes of at least 4 members (excludes halogenated alkanes) is 8. The first kappa shape index (κ1) is 22.5. The SMILES string of the molecule is CCCCCCCCC(CCCCCC)COc1ccccc1C(N)=O. The minimum Gasteiger partial charge on any atom is -0.492 e. The van der Waals surface area contributed by atoms with Crippen LogP contribution in [0.2, 0.25) is 0 Å². The number of primary amides is 1. The molecular weight excluding hydrogens is 322 g/mol. The van der Waals surface area contributed by atoms with Crippen molar-refractivity contribution in [2.24, 2.45) is 11.7 Å². The highest BCUT2D eigenvalue weighted by molar-refractivity contribution is 5.95. The highest BCUT2D eigenvalue weighted by Gasteiger charge is 2.13. The van der Waals surface area contributed by atoms with Crippen molar-refractivity contribution in [3.05, 3.63) is 29.8 Å². The van der Waals surface area contributed by atoms with Gasteiger partial charge in [-0.2, -0.15) is 0 Å². The predicted octanol–water partition coefficient (Wildman–Crippen LogP) is 6.50. The number of rotatable bonds is 16. The van der Waals surface area contributed by atoms with Gasteiger partial charge in [0.2, 0.25) is 0 Å². The zero-order valence-corrected chi connectivity index (χ0v) is 17.0.